The van der Waals surface area contributed by atoms with Gasteiger partial charge in [0.25, 0.3) is 0 Å². The van der Waals surface area contributed by atoms with Gasteiger partial charge in [0, 0.05) is 26.2 Å². The zero-order valence-electron chi connectivity index (χ0n) is 13.0. The summed E-state index contributed by atoms with van der Waals surface area (Å²) >= 11 is 0. The molecule has 2 rings (SSSR count). The number of methoxy groups -OCH3 is 1. The first-order valence-electron chi connectivity index (χ1n) is 7.62. The van der Waals surface area contributed by atoms with Crippen LogP contribution < -0.4 is 9.47 Å². The Labute approximate surface area is 127 Å². The third-order valence-corrected chi connectivity index (χ3v) is 3.76. The zero-order valence-corrected chi connectivity index (χ0v) is 13.0. The molecule has 0 saturated heterocycles. The van der Waals surface area contributed by atoms with Crippen LogP contribution in [0.2, 0.25) is 0 Å². The molecule has 0 radical (unpaired) electrons. The smallest absolute Gasteiger partial charge is 0.161 e. The first-order valence-corrected chi connectivity index (χ1v) is 7.62. The van der Waals surface area contributed by atoms with Gasteiger partial charge in [-0.25, -0.2) is 0 Å². The van der Waals surface area contributed by atoms with Gasteiger partial charge in [-0.2, -0.15) is 0 Å². The summed E-state index contributed by atoms with van der Waals surface area (Å²) in [6.07, 6.45) is 4.15. The Morgan fingerprint density at radius 2 is 2.14 bits per heavy atom. The summed E-state index contributed by atoms with van der Waals surface area (Å²) in [4.78, 5) is 2.37. The molecule has 0 unspecified atom stereocenters. The van der Waals surface area contributed by atoms with Gasteiger partial charge in [-0.15, -0.1) is 0 Å². The monoisotopic (exact) mass is 291 g/mol. The fraction of sp³-hybridized carbons (Fsp3) is 0.529. The second-order valence-electron chi connectivity index (χ2n) is 5.16. The summed E-state index contributed by atoms with van der Waals surface area (Å²) in [6.45, 7) is 5.84. The van der Waals surface area contributed by atoms with Crippen molar-refractivity contribution in [1.82, 2.24) is 4.90 Å². The molecule has 0 fully saturated rings. The molecule has 1 heterocycles. The maximum absolute atomic E-state index is 8.89. The highest BCUT2D eigenvalue weighted by Gasteiger charge is 2.14. The van der Waals surface area contributed by atoms with Crippen molar-refractivity contribution in [2.45, 2.75) is 19.8 Å². The van der Waals surface area contributed by atoms with Gasteiger partial charge in [-0.3, -0.25) is 4.90 Å². The molecule has 1 aromatic rings. The third kappa shape index (κ3) is 4.22. The van der Waals surface area contributed by atoms with E-state index in [1.807, 2.05) is 13.0 Å². The Balaban J connectivity index is 2.08. The molecule has 1 N–H and O–H groups in total. The molecular formula is C17H25NO3. The Morgan fingerprint density at radius 3 is 2.76 bits per heavy atom. The highest BCUT2D eigenvalue weighted by atomic mass is 16.5. The average Bonchev–Trinajstić information content (AvgIpc) is 2.53. The van der Waals surface area contributed by atoms with Crippen LogP contribution in [0.25, 0.3) is 5.57 Å². The Bertz CT molecular complexity index is 485. The lowest BCUT2D eigenvalue weighted by Crippen LogP contribution is -2.29. The van der Waals surface area contributed by atoms with E-state index < -0.39 is 0 Å². The number of benzene rings is 1. The molecule has 0 aromatic heterocycles. The molecule has 0 atom stereocenters. The van der Waals surface area contributed by atoms with Crippen molar-refractivity contribution in [2.75, 3.05) is 40.0 Å². The minimum absolute atomic E-state index is 0.267. The maximum Gasteiger partial charge on any atom is 0.161 e. The van der Waals surface area contributed by atoms with Crippen molar-refractivity contribution < 1.29 is 14.6 Å². The van der Waals surface area contributed by atoms with Gasteiger partial charge < -0.3 is 14.6 Å². The van der Waals surface area contributed by atoms with E-state index in [4.69, 9.17) is 14.6 Å². The average molecular weight is 291 g/mol. The van der Waals surface area contributed by atoms with Crippen LogP contribution in [0.4, 0.5) is 0 Å². The van der Waals surface area contributed by atoms with E-state index in [1.54, 1.807) is 7.11 Å². The predicted molar refractivity (Wildman–Crippen MR) is 84.9 cm³/mol. The fourth-order valence-electron chi connectivity index (χ4n) is 2.62. The van der Waals surface area contributed by atoms with Crippen molar-refractivity contribution in [3.8, 4) is 11.5 Å². The Morgan fingerprint density at radius 1 is 1.29 bits per heavy atom. The fourth-order valence-corrected chi connectivity index (χ4v) is 2.62. The molecule has 1 aliphatic heterocycles. The first kappa shape index (κ1) is 15.9. The molecular weight excluding hydrogens is 266 g/mol. The molecule has 0 spiro atoms. The van der Waals surface area contributed by atoms with Crippen molar-refractivity contribution in [3.63, 3.8) is 0 Å². The van der Waals surface area contributed by atoms with Crippen LogP contribution in [-0.2, 0) is 0 Å². The first-order chi connectivity index (χ1) is 10.3. The van der Waals surface area contributed by atoms with Crippen LogP contribution in [0.3, 0.4) is 0 Å². The number of ether oxygens (including phenoxy) is 2. The lowest BCUT2D eigenvalue weighted by molar-refractivity contribution is 0.236. The van der Waals surface area contributed by atoms with Crippen molar-refractivity contribution in [3.05, 3.63) is 29.8 Å². The van der Waals surface area contributed by atoms with E-state index in [0.29, 0.717) is 6.61 Å². The summed E-state index contributed by atoms with van der Waals surface area (Å²) in [5.74, 6) is 1.59. The van der Waals surface area contributed by atoms with E-state index in [-0.39, 0.29) is 6.61 Å². The molecule has 4 nitrogen and oxygen atoms in total. The van der Waals surface area contributed by atoms with E-state index in [0.717, 1.165) is 44.0 Å². The lowest BCUT2D eigenvalue weighted by Gasteiger charge is -2.26. The summed E-state index contributed by atoms with van der Waals surface area (Å²) in [6, 6.07) is 6.13. The molecule has 21 heavy (non-hydrogen) atoms. The van der Waals surface area contributed by atoms with Crippen LogP contribution >= 0.6 is 0 Å². The zero-order chi connectivity index (χ0) is 15.1. The van der Waals surface area contributed by atoms with E-state index in [1.165, 1.54) is 11.1 Å². The van der Waals surface area contributed by atoms with Crippen LogP contribution in [0, 0.1) is 0 Å². The second kappa shape index (κ2) is 8.05. The minimum Gasteiger partial charge on any atom is -0.493 e. The Kier molecular flexibility index (Phi) is 6.08. The van der Waals surface area contributed by atoms with Gasteiger partial charge >= 0.3 is 0 Å². The molecule has 0 saturated carbocycles. The quantitative estimate of drug-likeness (QED) is 0.838. The molecule has 1 aliphatic rings. The molecule has 0 aliphatic carbocycles. The predicted octanol–water partition coefficient (Wildman–Crippen LogP) is 2.57. The summed E-state index contributed by atoms with van der Waals surface area (Å²) in [7, 11) is 1.66. The third-order valence-electron chi connectivity index (χ3n) is 3.76. The minimum atomic E-state index is 0.267. The van der Waals surface area contributed by atoms with Gasteiger partial charge in [-0.05, 0) is 43.0 Å². The number of nitrogens with zero attached hydrogens (tertiary/aromatic N) is 1. The van der Waals surface area contributed by atoms with Crippen LogP contribution in [0.1, 0.15) is 25.3 Å². The summed E-state index contributed by atoms with van der Waals surface area (Å²) in [5, 5.41) is 8.89. The van der Waals surface area contributed by atoms with E-state index >= 15 is 0 Å². The van der Waals surface area contributed by atoms with Gasteiger partial charge in [-0.1, -0.05) is 12.1 Å². The van der Waals surface area contributed by atoms with Crippen molar-refractivity contribution >= 4 is 5.57 Å². The molecule has 0 amide bonds. The highest BCUT2D eigenvalue weighted by molar-refractivity contribution is 5.69. The van der Waals surface area contributed by atoms with Crippen molar-refractivity contribution in [1.29, 1.82) is 0 Å². The van der Waals surface area contributed by atoms with E-state index in [2.05, 4.69) is 23.1 Å². The molecule has 1 aromatic carbocycles. The van der Waals surface area contributed by atoms with E-state index in [9.17, 15) is 0 Å². The number of hydrogen-bond donors (Lipinski definition) is 1. The van der Waals surface area contributed by atoms with Gasteiger partial charge in [0.15, 0.2) is 11.5 Å². The van der Waals surface area contributed by atoms with Crippen LogP contribution in [-0.4, -0.2) is 50.0 Å². The highest BCUT2D eigenvalue weighted by Crippen LogP contribution is 2.32. The maximum atomic E-state index is 8.89. The van der Waals surface area contributed by atoms with Crippen LogP contribution in [0.15, 0.2) is 24.3 Å². The number of aliphatic hydroxyl groups excluding tert-OH is 1. The Hall–Kier alpha value is -1.52. The SMILES string of the molecule is CCOc1cc(C2=CCN(CCCO)CC2)ccc1OC. The number of aliphatic hydroxyl groups is 1. The summed E-state index contributed by atoms with van der Waals surface area (Å²) in [5.41, 5.74) is 2.57. The topological polar surface area (TPSA) is 41.9 Å². The summed E-state index contributed by atoms with van der Waals surface area (Å²) < 4.78 is 11.0. The normalized spacial score (nSPS) is 15.7. The molecule has 4 heteroatoms. The lowest BCUT2D eigenvalue weighted by atomic mass is 9.99. The van der Waals surface area contributed by atoms with Gasteiger partial charge in [0.1, 0.15) is 0 Å². The largest absolute Gasteiger partial charge is 0.493 e. The molecule has 0 bridgehead atoms. The van der Waals surface area contributed by atoms with Gasteiger partial charge in [0.05, 0.1) is 13.7 Å². The number of rotatable bonds is 7. The molecule has 116 valence electrons. The second-order valence-corrected chi connectivity index (χ2v) is 5.16. The number of hydrogen-bond acceptors (Lipinski definition) is 4. The van der Waals surface area contributed by atoms with Gasteiger partial charge in [0.2, 0.25) is 0 Å². The van der Waals surface area contributed by atoms with Crippen molar-refractivity contribution in [2.24, 2.45) is 0 Å². The standard InChI is InChI=1S/C17H25NO3/c1-3-21-17-13-15(5-6-16(17)20-2)14-7-10-18(11-8-14)9-4-12-19/h5-7,13,19H,3-4,8-12H2,1-2H3. The van der Waals surface area contributed by atoms with Crippen LogP contribution in [0.5, 0.6) is 11.5 Å².